The monoisotopic (exact) mass is 557 g/mol. The van der Waals surface area contributed by atoms with Crippen molar-refractivity contribution in [1.82, 2.24) is 9.88 Å². The zero-order valence-electron chi connectivity index (χ0n) is 20.4. The minimum atomic E-state index is -4.51. The van der Waals surface area contributed by atoms with E-state index in [4.69, 9.17) is 9.47 Å². The van der Waals surface area contributed by atoms with Gasteiger partial charge < -0.3 is 14.8 Å². The van der Waals surface area contributed by atoms with Gasteiger partial charge in [-0.25, -0.2) is 4.79 Å². The molecule has 1 amide bonds. The van der Waals surface area contributed by atoms with E-state index >= 15 is 0 Å². The van der Waals surface area contributed by atoms with Crippen molar-refractivity contribution in [3.05, 3.63) is 58.3 Å². The highest BCUT2D eigenvalue weighted by Crippen LogP contribution is 2.35. The van der Waals surface area contributed by atoms with E-state index in [1.165, 1.54) is 18.3 Å². The second kappa shape index (κ2) is 10.3. The first-order valence-corrected chi connectivity index (χ1v) is 12.1. The third kappa shape index (κ3) is 7.33. The summed E-state index contributed by atoms with van der Waals surface area (Å²) >= 11 is 3.19. The van der Waals surface area contributed by atoms with Crippen molar-refractivity contribution >= 4 is 27.7 Å². The number of aryl methyl sites for hydroxylation is 1. The maximum atomic E-state index is 13.7. The molecule has 6 nitrogen and oxygen atoms in total. The Morgan fingerprint density at radius 3 is 2.43 bits per heavy atom. The average molecular weight is 558 g/mol. The number of anilines is 1. The van der Waals surface area contributed by atoms with E-state index in [1.807, 2.05) is 34.6 Å². The van der Waals surface area contributed by atoms with Gasteiger partial charge in [-0.15, -0.1) is 0 Å². The van der Waals surface area contributed by atoms with Gasteiger partial charge in [-0.05, 0) is 93.2 Å². The van der Waals surface area contributed by atoms with Crippen molar-refractivity contribution in [3.8, 4) is 0 Å². The van der Waals surface area contributed by atoms with E-state index in [0.29, 0.717) is 29.6 Å². The minimum absolute atomic E-state index is 0.115. The molecule has 35 heavy (non-hydrogen) atoms. The first-order chi connectivity index (χ1) is 16.2. The molecule has 1 aromatic heterocycles. The summed E-state index contributed by atoms with van der Waals surface area (Å²) in [6, 6.07) is 7.57. The van der Waals surface area contributed by atoms with Crippen molar-refractivity contribution < 1.29 is 27.4 Å². The number of carbonyl (C=O) groups is 1. The number of nitrogens with zero attached hydrogens (tertiary/aromatic N) is 2. The molecular formula is C25H31BrF3N3O3. The smallest absolute Gasteiger partial charge is 0.414 e. The number of halogens is 4. The van der Waals surface area contributed by atoms with E-state index < -0.39 is 29.6 Å². The molecule has 2 unspecified atom stereocenters. The van der Waals surface area contributed by atoms with Gasteiger partial charge in [0, 0.05) is 16.4 Å². The molecule has 2 aromatic rings. The first-order valence-electron chi connectivity index (χ1n) is 11.4. The molecule has 1 N–H and O–H groups in total. The maximum absolute atomic E-state index is 13.7. The summed E-state index contributed by atoms with van der Waals surface area (Å²) in [4.78, 5) is 18.3. The molecule has 2 heterocycles. The van der Waals surface area contributed by atoms with Crippen LogP contribution in [-0.2, 0) is 15.9 Å². The van der Waals surface area contributed by atoms with Crippen molar-refractivity contribution in [2.45, 2.75) is 77.0 Å². The third-order valence-corrected chi connectivity index (χ3v) is 6.04. The van der Waals surface area contributed by atoms with Crippen LogP contribution in [0.15, 0.2) is 47.1 Å². The van der Waals surface area contributed by atoms with Crippen molar-refractivity contribution in [1.29, 1.82) is 0 Å². The number of alkyl halides is 3. The number of hydrogen-bond donors (Lipinski definition) is 1. The van der Waals surface area contributed by atoms with Crippen molar-refractivity contribution in [3.63, 3.8) is 0 Å². The Kier molecular flexibility index (Phi) is 8.06. The Bertz CT molecular complexity index is 1010. The lowest BCUT2D eigenvalue weighted by Crippen LogP contribution is -2.49. The van der Waals surface area contributed by atoms with E-state index in [0.717, 1.165) is 5.56 Å². The fraction of sp³-hybridized carbons (Fsp3) is 0.520. The van der Waals surface area contributed by atoms with Crippen LogP contribution in [0.1, 0.15) is 58.3 Å². The van der Waals surface area contributed by atoms with Crippen LogP contribution < -0.4 is 5.32 Å². The Hall–Kier alpha value is -2.33. The van der Waals surface area contributed by atoms with Gasteiger partial charge in [0.2, 0.25) is 0 Å². The third-order valence-electron chi connectivity index (χ3n) is 5.57. The lowest BCUT2D eigenvalue weighted by atomic mass is 10.0. The highest BCUT2D eigenvalue weighted by Gasteiger charge is 2.45. The van der Waals surface area contributed by atoms with Gasteiger partial charge >= 0.3 is 12.3 Å². The fourth-order valence-corrected chi connectivity index (χ4v) is 4.16. The number of nitrogens with one attached hydrogen (secondary N) is 1. The van der Waals surface area contributed by atoms with Gasteiger partial charge in [0.25, 0.3) is 0 Å². The number of amides is 1. The number of ether oxygens (including phenoxy) is 2. The summed E-state index contributed by atoms with van der Waals surface area (Å²) in [5.74, 6) is 0. The molecule has 0 spiro atoms. The van der Waals surface area contributed by atoms with Crippen LogP contribution in [0.3, 0.4) is 0 Å². The maximum Gasteiger partial charge on any atom is 0.414 e. The number of aromatic nitrogens is 1. The van der Waals surface area contributed by atoms with Crippen LogP contribution in [0.2, 0.25) is 0 Å². The molecule has 0 aliphatic carbocycles. The zero-order valence-corrected chi connectivity index (χ0v) is 22.0. The van der Waals surface area contributed by atoms with Crippen molar-refractivity contribution in [2.24, 2.45) is 0 Å². The van der Waals surface area contributed by atoms with Crippen molar-refractivity contribution in [2.75, 3.05) is 11.9 Å². The molecule has 1 saturated heterocycles. The quantitative estimate of drug-likeness (QED) is 0.420. The Balaban J connectivity index is 1.65. The molecule has 1 fully saturated rings. The molecule has 3 rings (SSSR count). The average Bonchev–Trinajstić information content (AvgIpc) is 3.04. The van der Waals surface area contributed by atoms with E-state index in [9.17, 15) is 18.0 Å². The van der Waals surface area contributed by atoms with Crippen LogP contribution in [0.25, 0.3) is 0 Å². The van der Waals surface area contributed by atoms with Gasteiger partial charge in [0.05, 0.1) is 18.3 Å². The standard InChI is InChI=1S/C25H31BrF3N3O3/c1-23(2,3)35-22(33)32-19(15-34-24(32,4)5)12-8-16-6-10-18(11-7-16)31-21(25(27,28)29)20-13-9-17(26)14-30-20/h6-7,9-11,13-14,19,21,31H,8,12,15H2,1-5H3. The molecular weight excluding hydrogens is 527 g/mol. The summed E-state index contributed by atoms with van der Waals surface area (Å²) < 4.78 is 53.0. The van der Waals surface area contributed by atoms with E-state index in [-0.39, 0.29) is 11.7 Å². The summed E-state index contributed by atoms with van der Waals surface area (Å²) in [6.45, 7) is 9.49. The Morgan fingerprint density at radius 2 is 1.89 bits per heavy atom. The van der Waals surface area contributed by atoms with Crippen LogP contribution in [0.4, 0.5) is 23.7 Å². The van der Waals surface area contributed by atoms with Gasteiger partial charge in [0.1, 0.15) is 11.3 Å². The molecule has 0 radical (unpaired) electrons. The normalized spacial score (nSPS) is 18.9. The van der Waals surface area contributed by atoms with E-state index in [2.05, 4.69) is 26.2 Å². The predicted molar refractivity (Wildman–Crippen MR) is 131 cm³/mol. The Labute approximate surface area is 212 Å². The molecule has 0 bridgehead atoms. The lowest BCUT2D eigenvalue weighted by molar-refractivity contribution is -0.144. The topological polar surface area (TPSA) is 63.7 Å². The van der Waals surface area contributed by atoms with Gasteiger partial charge in [-0.1, -0.05) is 12.1 Å². The zero-order chi connectivity index (χ0) is 26.0. The molecule has 2 atom stereocenters. The Morgan fingerprint density at radius 1 is 1.23 bits per heavy atom. The number of hydrogen-bond acceptors (Lipinski definition) is 5. The predicted octanol–water partition coefficient (Wildman–Crippen LogP) is 6.86. The van der Waals surface area contributed by atoms with E-state index in [1.54, 1.807) is 29.2 Å². The number of rotatable bonds is 6. The summed E-state index contributed by atoms with van der Waals surface area (Å²) in [6.07, 6.45) is -2.35. The molecule has 192 valence electrons. The highest BCUT2D eigenvalue weighted by molar-refractivity contribution is 9.10. The molecule has 0 saturated carbocycles. The van der Waals surface area contributed by atoms with Gasteiger partial charge in [0.15, 0.2) is 6.04 Å². The summed E-state index contributed by atoms with van der Waals surface area (Å²) in [5, 5.41) is 2.54. The number of carbonyl (C=O) groups excluding carboxylic acids is 1. The number of pyridine rings is 1. The second-order valence-electron chi connectivity index (χ2n) is 10.0. The van der Waals surface area contributed by atoms with Crippen LogP contribution >= 0.6 is 15.9 Å². The summed E-state index contributed by atoms with van der Waals surface area (Å²) in [7, 11) is 0. The minimum Gasteiger partial charge on any atom is -0.444 e. The molecule has 1 aromatic carbocycles. The molecule has 1 aliphatic heterocycles. The molecule has 1 aliphatic rings. The second-order valence-corrected chi connectivity index (χ2v) is 10.9. The molecule has 10 heteroatoms. The lowest BCUT2D eigenvalue weighted by Gasteiger charge is -2.35. The number of benzene rings is 1. The SMILES string of the molecule is CC(C)(C)OC(=O)N1C(CCc2ccc(NC(c3ccc(Br)cn3)C(F)(F)F)cc2)COC1(C)C. The van der Waals surface area contributed by atoms with Gasteiger partial charge in [-0.3, -0.25) is 9.88 Å². The first kappa shape index (κ1) is 27.3. The fourth-order valence-electron chi connectivity index (χ4n) is 3.93. The highest BCUT2D eigenvalue weighted by atomic mass is 79.9. The van der Waals surface area contributed by atoms with Gasteiger partial charge in [-0.2, -0.15) is 13.2 Å². The van der Waals surface area contributed by atoms with Crippen LogP contribution in [-0.4, -0.2) is 46.1 Å². The van der Waals surface area contributed by atoms with Crippen LogP contribution in [0.5, 0.6) is 0 Å². The largest absolute Gasteiger partial charge is 0.444 e. The van der Waals surface area contributed by atoms with Crippen LogP contribution in [0, 0.1) is 0 Å². The summed E-state index contributed by atoms with van der Waals surface area (Å²) in [5.41, 5.74) is -0.246.